The Balaban J connectivity index is 1.46. The molecule has 2 saturated heterocycles. The van der Waals surface area contributed by atoms with Crippen LogP contribution in [0.25, 0.3) is 0 Å². The molecule has 24 heavy (non-hydrogen) atoms. The van der Waals surface area contributed by atoms with Crippen molar-refractivity contribution in [2.24, 2.45) is 5.92 Å². The Hall–Kier alpha value is -0.650. The number of hydrogen-bond acceptors (Lipinski definition) is 4. The highest BCUT2D eigenvalue weighted by Gasteiger charge is 2.32. The fraction of sp³-hybridized carbons (Fsp3) is 0.947. The van der Waals surface area contributed by atoms with Crippen LogP contribution in [-0.4, -0.2) is 86.2 Å². The van der Waals surface area contributed by atoms with Crippen molar-refractivity contribution in [1.29, 1.82) is 0 Å². The van der Waals surface area contributed by atoms with E-state index in [0.29, 0.717) is 5.91 Å². The topological polar surface area (TPSA) is 36.0 Å². The van der Waals surface area contributed by atoms with E-state index in [2.05, 4.69) is 14.7 Å². The number of rotatable bonds is 5. The zero-order valence-corrected chi connectivity index (χ0v) is 15.4. The van der Waals surface area contributed by atoms with Crippen LogP contribution in [0.1, 0.15) is 44.9 Å². The molecule has 1 amide bonds. The van der Waals surface area contributed by atoms with E-state index >= 15 is 0 Å². The molecule has 3 rings (SSSR count). The monoisotopic (exact) mass is 337 g/mol. The number of ether oxygens (including phenoxy) is 1. The van der Waals surface area contributed by atoms with Gasteiger partial charge in [-0.25, -0.2) is 0 Å². The van der Waals surface area contributed by atoms with E-state index in [1.807, 2.05) is 0 Å². The van der Waals surface area contributed by atoms with Crippen LogP contribution in [0.3, 0.4) is 0 Å². The quantitative estimate of drug-likeness (QED) is 0.767. The summed E-state index contributed by atoms with van der Waals surface area (Å²) in [6.07, 6.45) is 9.09. The van der Waals surface area contributed by atoms with E-state index < -0.39 is 0 Å². The number of methoxy groups -OCH3 is 1. The van der Waals surface area contributed by atoms with E-state index in [4.69, 9.17) is 4.74 Å². The molecule has 2 aliphatic heterocycles. The molecule has 5 heteroatoms. The summed E-state index contributed by atoms with van der Waals surface area (Å²) in [5, 5.41) is 0. The Kier molecular flexibility index (Phi) is 6.93. The number of carbonyl (C=O) groups excluding carboxylic acids is 1. The summed E-state index contributed by atoms with van der Waals surface area (Å²) in [7, 11) is 1.74. The molecule has 2 heterocycles. The highest BCUT2D eigenvalue weighted by Crippen LogP contribution is 2.24. The zero-order valence-electron chi connectivity index (χ0n) is 15.4. The lowest BCUT2D eigenvalue weighted by Crippen LogP contribution is -2.42. The predicted molar refractivity (Wildman–Crippen MR) is 96.1 cm³/mol. The number of carbonyl (C=O) groups is 1. The Bertz CT molecular complexity index is 398. The fourth-order valence-corrected chi connectivity index (χ4v) is 4.69. The molecule has 0 N–H and O–H groups in total. The first-order valence-corrected chi connectivity index (χ1v) is 10.0. The number of amides is 1. The van der Waals surface area contributed by atoms with Crippen LogP contribution in [0.4, 0.5) is 0 Å². The minimum absolute atomic E-state index is 0.211. The molecule has 5 nitrogen and oxygen atoms in total. The van der Waals surface area contributed by atoms with Gasteiger partial charge in [-0.15, -0.1) is 0 Å². The summed E-state index contributed by atoms with van der Waals surface area (Å²) in [5.41, 5.74) is 0. The molecule has 1 aliphatic carbocycles. The number of hydrogen-bond donors (Lipinski definition) is 0. The van der Waals surface area contributed by atoms with Gasteiger partial charge < -0.3 is 14.5 Å². The molecule has 1 unspecified atom stereocenters. The van der Waals surface area contributed by atoms with E-state index in [1.54, 1.807) is 7.11 Å². The molecule has 0 aromatic rings. The Morgan fingerprint density at radius 2 is 1.79 bits per heavy atom. The molecule has 1 saturated carbocycles. The van der Waals surface area contributed by atoms with Crippen LogP contribution in [0.2, 0.25) is 0 Å². The largest absolute Gasteiger partial charge is 0.383 e. The van der Waals surface area contributed by atoms with Crippen LogP contribution in [0.5, 0.6) is 0 Å². The van der Waals surface area contributed by atoms with Gasteiger partial charge in [-0.2, -0.15) is 0 Å². The molecule has 0 spiro atoms. The third-order valence-corrected chi connectivity index (χ3v) is 6.17. The van der Waals surface area contributed by atoms with Crippen molar-refractivity contribution in [2.75, 3.05) is 59.5 Å². The van der Waals surface area contributed by atoms with Crippen LogP contribution in [-0.2, 0) is 9.53 Å². The lowest BCUT2D eigenvalue weighted by Gasteiger charge is -2.33. The average molecular weight is 338 g/mol. The maximum absolute atomic E-state index is 12.9. The van der Waals surface area contributed by atoms with Gasteiger partial charge in [0.05, 0.1) is 12.5 Å². The lowest BCUT2D eigenvalue weighted by atomic mass is 9.94. The molecule has 0 bridgehead atoms. The van der Waals surface area contributed by atoms with Crippen LogP contribution < -0.4 is 0 Å². The van der Waals surface area contributed by atoms with Gasteiger partial charge in [0, 0.05) is 52.4 Å². The zero-order chi connectivity index (χ0) is 16.8. The van der Waals surface area contributed by atoms with Crippen LogP contribution >= 0.6 is 0 Å². The van der Waals surface area contributed by atoms with Crippen molar-refractivity contribution >= 4 is 5.91 Å². The third-order valence-electron chi connectivity index (χ3n) is 6.17. The minimum Gasteiger partial charge on any atom is -0.383 e. The Morgan fingerprint density at radius 1 is 0.958 bits per heavy atom. The van der Waals surface area contributed by atoms with Crippen molar-refractivity contribution in [1.82, 2.24) is 14.7 Å². The molecular formula is C19H35N3O2. The first-order chi connectivity index (χ1) is 11.8. The van der Waals surface area contributed by atoms with Crippen molar-refractivity contribution in [2.45, 2.75) is 51.0 Å². The summed E-state index contributed by atoms with van der Waals surface area (Å²) in [5.74, 6) is 0.614. The van der Waals surface area contributed by atoms with Gasteiger partial charge in [-0.3, -0.25) is 9.69 Å². The summed E-state index contributed by atoms with van der Waals surface area (Å²) in [6.45, 7) is 7.83. The molecule has 138 valence electrons. The van der Waals surface area contributed by atoms with E-state index in [0.717, 1.165) is 64.8 Å². The van der Waals surface area contributed by atoms with Gasteiger partial charge in [-0.05, 0) is 32.2 Å². The molecule has 3 aliphatic rings. The van der Waals surface area contributed by atoms with Crippen LogP contribution in [0.15, 0.2) is 0 Å². The second-order valence-corrected chi connectivity index (χ2v) is 7.79. The van der Waals surface area contributed by atoms with Gasteiger partial charge in [0.2, 0.25) is 5.91 Å². The van der Waals surface area contributed by atoms with Gasteiger partial charge in [0.1, 0.15) is 0 Å². The first-order valence-electron chi connectivity index (χ1n) is 10.0. The maximum atomic E-state index is 12.9. The molecule has 1 atom stereocenters. The van der Waals surface area contributed by atoms with Gasteiger partial charge in [0.25, 0.3) is 0 Å². The number of likely N-dealkylation sites (tertiary alicyclic amines) is 1. The molecule has 0 aromatic heterocycles. The SMILES string of the molecule is COCCN1CCC(C(=O)N2CCCN(C3CCCCC3)CC2)C1. The van der Waals surface area contributed by atoms with E-state index in [-0.39, 0.29) is 5.92 Å². The van der Waals surface area contributed by atoms with E-state index in [1.165, 1.54) is 38.6 Å². The average Bonchev–Trinajstić information content (AvgIpc) is 2.96. The molecule has 0 radical (unpaired) electrons. The highest BCUT2D eigenvalue weighted by atomic mass is 16.5. The third kappa shape index (κ3) is 4.70. The van der Waals surface area contributed by atoms with Gasteiger partial charge in [0.15, 0.2) is 0 Å². The number of nitrogens with zero attached hydrogens (tertiary/aromatic N) is 3. The second kappa shape index (κ2) is 9.16. The highest BCUT2D eigenvalue weighted by molar-refractivity contribution is 5.79. The van der Waals surface area contributed by atoms with Crippen molar-refractivity contribution in [3.63, 3.8) is 0 Å². The minimum atomic E-state index is 0.211. The van der Waals surface area contributed by atoms with E-state index in [9.17, 15) is 4.79 Å². The molecular weight excluding hydrogens is 302 g/mol. The standard InChI is InChI=1S/C19H35N3O2/c1-24-15-14-20-11-8-17(16-20)19(23)22-10-5-9-21(12-13-22)18-6-3-2-4-7-18/h17-18H,2-16H2,1H3. The van der Waals surface area contributed by atoms with Crippen molar-refractivity contribution in [3.8, 4) is 0 Å². The van der Waals surface area contributed by atoms with Gasteiger partial charge >= 0.3 is 0 Å². The summed E-state index contributed by atoms with van der Waals surface area (Å²) in [4.78, 5) is 20.1. The smallest absolute Gasteiger partial charge is 0.227 e. The second-order valence-electron chi connectivity index (χ2n) is 7.79. The molecule has 3 fully saturated rings. The van der Waals surface area contributed by atoms with Gasteiger partial charge in [-0.1, -0.05) is 19.3 Å². The lowest BCUT2D eigenvalue weighted by molar-refractivity contribution is -0.135. The summed E-state index contributed by atoms with van der Waals surface area (Å²) < 4.78 is 5.16. The normalized spacial score (nSPS) is 28.2. The summed E-state index contributed by atoms with van der Waals surface area (Å²) in [6, 6.07) is 0.782. The van der Waals surface area contributed by atoms with Crippen molar-refractivity contribution in [3.05, 3.63) is 0 Å². The Morgan fingerprint density at radius 3 is 2.58 bits per heavy atom. The maximum Gasteiger partial charge on any atom is 0.227 e. The first kappa shape index (κ1) is 18.2. The Labute approximate surface area is 147 Å². The predicted octanol–water partition coefficient (Wildman–Crippen LogP) is 1.82. The molecule has 0 aromatic carbocycles. The van der Waals surface area contributed by atoms with Crippen molar-refractivity contribution < 1.29 is 9.53 Å². The summed E-state index contributed by atoms with van der Waals surface area (Å²) >= 11 is 0. The van der Waals surface area contributed by atoms with Crippen LogP contribution in [0, 0.1) is 5.92 Å². The fourth-order valence-electron chi connectivity index (χ4n) is 4.69.